The molecule has 0 spiro atoms. The lowest BCUT2D eigenvalue weighted by molar-refractivity contribution is -0.00443. The molecule has 5 atom stereocenters. The average molecular weight is 354 g/mol. The highest BCUT2D eigenvalue weighted by molar-refractivity contribution is 5.85. The van der Waals surface area contributed by atoms with Crippen LogP contribution in [0.15, 0.2) is 0 Å². The van der Waals surface area contributed by atoms with Gasteiger partial charge in [0.05, 0.1) is 37.0 Å². The predicted octanol–water partition coefficient (Wildman–Crippen LogP) is 1.74. The molecule has 0 bridgehead atoms. The Morgan fingerprint density at radius 1 is 0.870 bits per heavy atom. The van der Waals surface area contributed by atoms with Gasteiger partial charge >= 0.3 is 0 Å². The third kappa shape index (κ3) is 8.14. The number of hydrogen-bond acceptors (Lipinski definition) is 5. The molecule has 23 heavy (non-hydrogen) atoms. The molecule has 0 aliphatic carbocycles. The maximum absolute atomic E-state index is 10.1. The molecule has 6 heteroatoms. The van der Waals surface area contributed by atoms with Gasteiger partial charge in [-0.05, 0) is 6.42 Å². The van der Waals surface area contributed by atoms with Crippen LogP contribution < -0.4 is 5.32 Å². The summed E-state index contributed by atoms with van der Waals surface area (Å²) in [4.78, 5) is 0. The van der Waals surface area contributed by atoms with Crippen LogP contribution in [0, 0.1) is 0 Å². The largest absolute Gasteiger partial charge is 0.395 e. The van der Waals surface area contributed by atoms with E-state index in [-0.39, 0.29) is 19.0 Å². The van der Waals surface area contributed by atoms with E-state index in [4.69, 9.17) is 5.11 Å². The molecule has 1 aliphatic heterocycles. The molecule has 1 heterocycles. The van der Waals surface area contributed by atoms with E-state index in [1.54, 1.807) is 0 Å². The third-order valence-corrected chi connectivity index (χ3v) is 4.75. The molecule has 0 amide bonds. The standard InChI is InChI=1S/C17H35NO4.ClH/c1-2-3-4-5-6-7-8-9-10-11-14(20)15-17(22)16(21)13(12-19)18-15;/h13-22H,2-12H2,1H3;1H/t13-,14+,15-,16-,17-;/m1./s1. The quantitative estimate of drug-likeness (QED) is 0.345. The molecule has 0 aromatic rings. The van der Waals surface area contributed by atoms with Crippen LogP contribution in [-0.4, -0.2) is 57.4 Å². The summed E-state index contributed by atoms with van der Waals surface area (Å²) in [5.74, 6) is 0. The molecular weight excluding hydrogens is 318 g/mol. The molecule has 0 aromatic carbocycles. The Balaban J connectivity index is 0.00000484. The SMILES string of the molecule is CCCCCCCCCCC[C@H](O)[C@H]1N[C@H](CO)[C@@H](O)[C@@H]1O.Cl. The Kier molecular flexibility index (Phi) is 13.4. The van der Waals surface area contributed by atoms with Crippen LogP contribution in [0.2, 0.25) is 0 Å². The van der Waals surface area contributed by atoms with E-state index in [1.165, 1.54) is 44.9 Å². The summed E-state index contributed by atoms with van der Waals surface area (Å²) >= 11 is 0. The van der Waals surface area contributed by atoms with E-state index in [1.807, 2.05) is 0 Å². The van der Waals surface area contributed by atoms with Gasteiger partial charge in [-0.2, -0.15) is 0 Å². The number of rotatable bonds is 12. The fourth-order valence-electron chi connectivity index (χ4n) is 3.24. The van der Waals surface area contributed by atoms with Crippen molar-refractivity contribution in [2.75, 3.05) is 6.61 Å². The zero-order valence-corrected chi connectivity index (χ0v) is 15.2. The first kappa shape index (κ1) is 23.1. The Bertz CT molecular complexity index is 283. The topological polar surface area (TPSA) is 93.0 Å². The van der Waals surface area contributed by atoms with E-state index in [2.05, 4.69) is 12.2 Å². The maximum Gasteiger partial charge on any atom is 0.0993 e. The van der Waals surface area contributed by atoms with Gasteiger partial charge in [-0.1, -0.05) is 64.7 Å². The molecule has 1 rings (SSSR count). The third-order valence-electron chi connectivity index (χ3n) is 4.75. The van der Waals surface area contributed by atoms with Gasteiger partial charge in [0.2, 0.25) is 0 Å². The van der Waals surface area contributed by atoms with Crippen molar-refractivity contribution in [3.8, 4) is 0 Å². The molecular formula is C17H36ClNO4. The first-order valence-electron chi connectivity index (χ1n) is 9.03. The van der Waals surface area contributed by atoms with Gasteiger partial charge in [0.1, 0.15) is 0 Å². The van der Waals surface area contributed by atoms with Gasteiger partial charge in [0.25, 0.3) is 0 Å². The van der Waals surface area contributed by atoms with Crippen LogP contribution in [0.5, 0.6) is 0 Å². The van der Waals surface area contributed by atoms with E-state index in [0.717, 1.165) is 12.8 Å². The normalized spacial score (nSPS) is 28.6. The van der Waals surface area contributed by atoms with Crippen molar-refractivity contribution < 1.29 is 20.4 Å². The van der Waals surface area contributed by atoms with Gasteiger partial charge in [-0.3, -0.25) is 0 Å². The minimum Gasteiger partial charge on any atom is -0.395 e. The molecule has 1 saturated heterocycles. The summed E-state index contributed by atoms with van der Waals surface area (Å²) in [6, 6.07) is -1.08. The van der Waals surface area contributed by atoms with E-state index < -0.39 is 30.4 Å². The summed E-state index contributed by atoms with van der Waals surface area (Å²) in [5, 5.41) is 41.8. The molecule has 1 fully saturated rings. The van der Waals surface area contributed by atoms with Gasteiger partial charge in [0, 0.05) is 0 Å². The fraction of sp³-hybridized carbons (Fsp3) is 1.00. The minimum absolute atomic E-state index is 0. The van der Waals surface area contributed by atoms with Crippen LogP contribution in [0.4, 0.5) is 0 Å². The van der Waals surface area contributed by atoms with Crippen molar-refractivity contribution >= 4 is 12.4 Å². The average Bonchev–Trinajstić information content (AvgIpc) is 2.81. The molecule has 5 N–H and O–H groups in total. The Labute approximate surface area is 146 Å². The first-order chi connectivity index (χ1) is 10.6. The van der Waals surface area contributed by atoms with Crippen molar-refractivity contribution in [2.24, 2.45) is 0 Å². The number of halogens is 1. The molecule has 0 saturated carbocycles. The number of unbranched alkanes of at least 4 members (excludes halogenated alkanes) is 8. The Morgan fingerprint density at radius 2 is 1.39 bits per heavy atom. The first-order valence-corrected chi connectivity index (χ1v) is 9.03. The number of nitrogens with one attached hydrogen (secondary N) is 1. The number of aliphatic hydroxyl groups is 4. The number of aliphatic hydroxyl groups excluding tert-OH is 4. The maximum atomic E-state index is 10.1. The van der Waals surface area contributed by atoms with Crippen LogP contribution in [0.25, 0.3) is 0 Å². The summed E-state index contributed by atoms with van der Waals surface area (Å²) in [7, 11) is 0. The van der Waals surface area contributed by atoms with E-state index >= 15 is 0 Å². The Hall–Kier alpha value is 0.0900. The second-order valence-electron chi connectivity index (χ2n) is 6.65. The lowest BCUT2D eigenvalue weighted by Gasteiger charge is -2.22. The van der Waals surface area contributed by atoms with Crippen LogP contribution in [-0.2, 0) is 0 Å². The van der Waals surface area contributed by atoms with Crippen LogP contribution in [0.3, 0.4) is 0 Å². The summed E-state index contributed by atoms with van der Waals surface area (Å²) in [5.41, 5.74) is 0. The molecule has 5 nitrogen and oxygen atoms in total. The number of hydrogen-bond donors (Lipinski definition) is 5. The molecule has 0 aromatic heterocycles. The van der Waals surface area contributed by atoms with Gasteiger partial charge < -0.3 is 25.7 Å². The summed E-state index contributed by atoms with van der Waals surface area (Å²) in [6.45, 7) is 1.99. The zero-order valence-electron chi connectivity index (χ0n) is 14.4. The van der Waals surface area contributed by atoms with Gasteiger partial charge in [-0.15, -0.1) is 12.4 Å². The lowest BCUT2D eigenvalue weighted by Crippen LogP contribution is -2.44. The molecule has 140 valence electrons. The monoisotopic (exact) mass is 353 g/mol. The summed E-state index contributed by atoms with van der Waals surface area (Å²) in [6.07, 6.45) is 9.00. The second-order valence-corrected chi connectivity index (χ2v) is 6.65. The lowest BCUT2D eigenvalue weighted by atomic mass is 9.98. The van der Waals surface area contributed by atoms with Crippen molar-refractivity contribution in [3.63, 3.8) is 0 Å². The molecule has 0 radical (unpaired) electrons. The van der Waals surface area contributed by atoms with E-state index in [0.29, 0.717) is 6.42 Å². The Morgan fingerprint density at radius 3 is 1.87 bits per heavy atom. The highest BCUT2D eigenvalue weighted by Gasteiger charge is 2.43. The van der Waals surface area contributed by atoms with E-state index in [9.17, 15) is 15.3 Å². The highest BCUT2D eigenvalue weighted by Crippen LogP contribution is 2.20. The molecule has 1 aliphatic rings. The van der Waals surface area contributed by atoms with Crippen molar-refractivity contribution in [1.82, 2.24) is 5.32 Å². The fourth-order valence-corrected chi connectivity index (χ4v) is 3.24. The smallest absolute Gasteiger partial charge is 0.0993 e. The summed E-state index contributed by atoms with van der Waals surface area (Å²) < 4.78 is 0. The van der Waals surface area contributed by atoms with Gasteiger partial charge in [0.15, 0.2) is 0 Å². The van der Waals surface area contributed by atoms with Crippen molar-refractivity contribution in [1.29, 1.82) is 0 Å². The zero-order chi connectivity index (χ0) is 16.4. The van der Waals surface area contributed by atoms with Gasteiger partial charge in [-0.25, -0.2) is 0 Å². The molecule has 0 unspecified atom stereocenters. The second kappa shape index (κ2) is 13.4. The predicted molar refractivity (Wildman–Crippen MR) is 94.9 cm³/mol. The highest BCUT2D eigenvalue weighted by atomic mass is 35.5. The minimum atomic E-state index is -1.01. The van der Waals surface area contributed by atoms with Crippen molar-refractivity contribution in [2.45, 2.75) is 102 Å². The van der Waals surface area contributed by atoms with Crippen LogP contribution in [0.1, 0.15) is 71.1 Å². The van der Waals surface area contributed by atoms with Crippen molar-refractivity contribution in [3.05, 3.63) is 0 Å². The van der Waals surface area contributed by atoms with Crippen LogP contribution >= 0.6 is 12.4 Å².